The van der Waals surface area contributed by atoms with Crippen LogP contribution in [0, 0.1) is 0 Å². The van der Waals surface area contributed by atoms with Crippen LogP contribution in [0.15, 0.2) is 24.3 Å². The molecule has 1 aromatic rings. The molecular weight excluding hydrogens is 248 g/mol. The summed E-state index contributed by atoms with van der Waals surface area (Å²) in [6, 6.07) is 7.61. The minimum absolute atomic E-state index is 0.0855. The maximum absolute atomic E-state index is 12.3. The van der Waals surface area contributed by atoms with E-state index in [1.807, 2.05) is 31.2 Å². The number of hydrogen-bond donors (Lipinski definition) is 1. The Hall–Kier alpha value is -0.910. The van der Waals surface area contributed by atoms with Crippen LogP contribution >= 0.6 is 0 Å². The molecule has 0 spiro atoms. The van der Waals surface area contributed by atoms with E-state index in [4.69, 9.17) is 5.73 Å². The maximum Gasteiger partial charge on any atom is 0.218 e. The van der Waals surface area contributed by atoms with E-state index in [9.17, 15) is 8.42 Å². The van der Waals surface area contributed by atoms with E-state index < -0.39 is 10.0 Å². The predicted octanol–water partition coefficient (Wildman–Crippen LogP) is 1.46. The first-order valence-electron chi connectivity index (χ1n) is 6.30. The van der Waals surface area contributed by atoms with Gasteiger partial charge in [-0.05, 0) is 30.9 Å². The van der Waals surface area contributed by atoms with Crippen molar-refractivity contribution in [1.82, 2.24) is 4.31 Å². The van der Waals surface area contributed by atoms with Gasteiger partial charge in [0.25, 0.3) is 0 Å². The second-order valence-electron chi connectivity index (χ2n) is 4.88. The topological polar surface area (TPSA) is 63.4 Å². The van der Waals surface area contributed by atoms with Gasteiger partial charge in [-0.2, -0.15) is 4.31 Å². The molecular formula is C13H20N2O2S. The quantitative estimate of drug-likeness (QED) is 0.899. The van der Waals surface area contributed by atoms with Crippen molar-refractivity contribution in [1.29, 1.82) is 0 Å². The molecule has 100 valence electrons. The summed E-state index contributed by atoms with van der Waals surface area (Å²) >= 11 is 0. The highest BCUT2D eigenvalue weighted by atomic mass is 32.2. The Morgan fingerprint density at radius 1 is 1.28 bits per heavy atom. The number of benzene rings is 1. The van der Waals surface area contributed by atoms with E-state index in [2.05, 4.69) is 0 Å². The van der Waals surface area contributed by atoms with Crippen molar-refractivity contribution < 1.29 is 8.42 Å². The third kappa shape index (κ3) is 2.91. The number of nitrogens with two attached hydrogens (primary N) is 1. The lowest BCUT2D eigenvalue weighted by atomic mass is 10.1. The van der Waals surface area contributed by atoms with Crippen LogP contribution in [0.4, 0.5) is 0 Å². The number of nitrogens with zero attached hydrogens (tertiary/aromatic N) is 1. The van der Waals surface area contributed by atoms with Gasteiger partial charge in [-0.25, -0.2) is 8.42 Å². The Morgan fingerprint density at radius 2 is 1.89 bits per heavy atom. The number of hydrogen-bond acceptors (Lipinski definition) is 3. The Kier molecular flexibility index (Phi) is 4.04. The average Bonchev–Trinajstić information content (AvgIpc) is 2.77. The molecule has 2 N–H and O–H groups in total. The summed E-state index contributed by atoms with van der Waals surface area (Å²) in [7, 11) is -3.18. The molecule has 1 saturated heterocycles. The summed E-state index contributed by atoms with van der Waals surface area (Å²) in [4.78, 5) is 0. The highest BCUT2D eigenvalue weighted by Crippen LogP contribution is 2.23. The summed E-state index contributed by atoms with van der Waals surface area (Å²) in [6.07, 6.45) is 1.93. The van der Waals surface area contributed by atoms with Gasteiger partial charge in [0.1, 0.15) is 0 Å². The van der Waals surface area contributed by atoms with Crippen LogP contribution in [0.2, 0.25) is 0 Å². The molecule has 1 unspecified atom stereocenters. The van der Waals surface area contributed by atoms with E-state index in [1.54, 1.807) is 4.31 Å². The van der Waals surface area contributed by atoms with Gasteiger partial charge < -0.3 is 5.73 Å². The van der Waals surface area contributed by atoms with Gasteiger partial charge in [0.05, 0.1) is 5.75 Å². The molecule has 1 fully saturated rings. The first kappa shape index (κ1) is 13.5. The first-order chi connectivity index (χ1) is 8.53. The van der Waals surface area contributed by atoms with Crippen LogP contribution in [0.3, 0.4) is 0 Å². The zero-order valence-electron chi connectivity index (χ0n) is 10.7. The van der Waals surface area contributed by atoms with Crippen LogP contribution in [-0.2, 0) is 22.3 Å². The molecule has 2 rings (SSSR count). The minimum Gasteiger partial charge on any atom is -0.326 e. The molecule has 0 aliphatic carbocycles. The summed E-state index contributed by atoms with van der Waals surface area (Å²) in [5.74, 6) is 0.0855. The van der Waals surface area contributed by atoms with Crippen molar-refractivity contribution >= 4 is 10.0 Å². The third-order valence-electron chi connectivity index (χ3n) is 3.46. The van der Waals surface area contributed by atoms with E-state index in [0.29, 0.717) is 13.1 Å². The van der Waals surface area contributed by atoms with Crippen molar-refractivity contribution in [3.63, 3.8) is 0 Å². The highest BCUT2D eigenvalue weighted by Gasteiger charge is 2.31. The van der Waals surface area contributed by atoms with Crippen molar-refractivity contribution in [3.8, 4) is 0 Å². The van der Waals surface area contributed by atoms with Gasteiger partial charge in [-0.15, -0.1) is 0 Å². The largest absolute Gasteiger partial charge is 0.326 e. The van der Waals surface area contributed by atoms with Crippen LogP contribution < -0.4 is 5.73 Å². The second kappa shape index (κ2) is 5.38. The fourth-order valence-electron chi connectivity index (χ4n) is 2.39. The molecule has 5 heteroatoms. The molecule has 4 nitrogen and oxygen atoms in total. The Labute approximate surface area is 109 Å². The molecule has 0 saturated carbocycles. The van der Waals surface area contributed by atoms with Gasteiger partial charge in [-0.3, -0.25) is 0 Å². The normalized spacial score (nSPS) is 21.3. The zero-order valence-corrected chi connectivity index (χ0v) is 11.5. The van der Waals surface area contributed by atoms with Gasteiger partial charge in [0, 0.05) is 19.1 Å². The van der Waals surface area contributed by atoms with Crippen molar-refractivity contribution in [3.05, 3.63) is 35.4 Å². The summed E-state index contributed by atoms with van der Waals surface area (Å²) < 4.78 is 26.2. The average molecular weight is 268 g/mol. The molecule has 1 aliphatic heterocycles. The van der Waals surface area contributed by atoms with Gasteiger partial charge in [-0.1, -0.05) is 24.3 Å². The van der Waals surface area contributed by atoms with E-state index in [0.717, 1.165) is 24.0 Å². The third-order valence-corrected chi connectivity index (χ3v) is 5.41. The maximum atomic E-state index is 12.3. The van der Waals surface area contributed by atoms with Gasteiger partial charge in [0.15, 0.2) is 0 Å². The van der Waals surface area contributed by atoms with E-state index >= 15 is 0 Å². The van der Waals surface area contributed by atoms with Gasteiger partial charge in [0.2, 0.25) is 10.0 Å². The Morgan fingerprint density at radius 3 is 2.39 bits per heavy atom. The lowest BCUT2D eigenvalue weighted by Gasteiger charge is -2.20. The number of sulfonamides is 1. The second-order valence-corrected chi connectivity index (χ2v) is 6.80. The molecule has 1 aromatic carbocycles. The van der Waals surface area contributed by atoms with Crippen LogP contribution in [0.5, 0.6) is 0 Å². The predicted molar refractivity (Wildman–Crippen MR) is 72.4 cm³/mol. The van der Waals surface area contributed by atoms with Crippen LogP contribution in [0.1, 0.15) is 30.9 Å². The lowest BCUT2D eigenvalue weighted by molar-refractivity contribution is 0.407. The fourth-order valence-corrected chi connectivity index (χ4v) is 4.23. The molecule has 18 heavy (non-hydrogen) atoms. The molecule has 0 aromatic heterocycles. The molecule has 0 radical (unpaired) electrons. The van der Waals surface area contributed by atoms with Crippen LogP contribution in [0.25, 0.3) is 0 Å². The van der Waals surface area contributed by atoms with E-state index in [-0.39, 0.29) is 11.8 Å². The molecule has 1 atom stereocenters. The van der Waals surface area contributed by atoms with Crippen molar-refractivity contribution in [2.75, 3.05) is 6.54 Å². The Balaban J connectivity index is 2.11. The SMILES string of the molecule is CC1CCCN1S(=O)(=O)Cc1ccc(CN)cc1. The van der Waals surface area contributed by atoms with Crippen molar-refractivity contribution in [2.24, 2.45) is 5.73 Å². The smallest absolute Gasteiger partial charge is 0.218 e. The van der Waals surface area contributed by atoms with E-state index in [1.165, 1.54) is 0 Å². The first-order valence-corrected chi connectivity index (χ1v) is 7.91. The molecule has 1 heterocycles. The molecule has 0 bridgehead atoms. The minimum atomic E-state index is -3.18. The summed E-state index contributed by atoms with van der Waals surface area (Å²) in [5.41, 5.74) is 7.36. The molecule has 1 aliphatic rings. The fraction of sp³-hybridized carbons (Fsp3) is 0.538. The summed E-state index contributed by atoms with van der Waals surface area (Å²) in [5, 5.41) is 0. The molecule has 0 amide bonds. The van der Waals surface area contributed by atoms with Crippen molar-refractivity contribution in [2.45, 2.75) is 38.1 Å². The van der Waals surface area contributed by atoms with Crippen LogP contribution in [-0.4, -0.2) is 25.3 Å². The Bertz CT molecular complexity index is 496. The number of rotatable bonds is 4. The zero-order chi connectivity index (χ0) is 13.2. The monoisotopic (exact) mass is 268 g/mol. The lowest BCUT2D eigenvalue weighted by Crippen LogP contribution is -2.34. The highest BCUT2D eigenvalue weighted by molar-refractivity contribution is 7.88. The summed E-state index contributed by atoms with van der Waals surface area (Å²) in [6.45, 7) is 3.11. The standard InChI is InChI=1S/C13H20N2O2S/c1-11-3-2-8-15(11)18(16,17)10-13-6-4-12(9-14)5-7-13/h4-7,11H,2-3,8-10,14H2,1H3. The van der Waals surface area contributed by atoms with Gasteiger partial charge >= 0.3 is 0 Å².